The van der Waals surface area contributed by atoms with Gasteiger partial charge in [0.1, 0.15) is 5.15 Å². The Kier molecular flexibility index (Phi) is 2.44. The van der Waals surface area contributed by atoms with Gasteiger partial charge in [-0.25, -0.2) is 23.1 Å². The maximum atomic E-state index is 13.2. The van der Waals surface area contributed by atoms with Crippen molar-refractivity contribution in [1.82, 2.24) is 9.97 Å². The van der Waals surface area contributed by atoms with Gasteiger partial charge in [-0.3, -0.25) is 0 Å². The van der Waals surface area contributed by atoms with E-state index >= 15 is 0 Å². The summed E-state index contributed by atoms with van der Waals surface area (Å²) in [4.78, 5) is 6.95. The van der Waals surface area contributed by atoms with E-state index in [1.54, 1.807) is 0 Å². The van der Waals surface area contributed by atoms with Crippen LogP contribution >= 0.6 is 23.2 Å². The van der Waals surface area contributed by atoms with E-state index in [4.69, 9.17) is 23.2 Å². The third-order valence-electron chi connectivity index (χ3n) is 1.75. The van der Waals surface area contributed by atoms with Gasteiger partial charge in [0, 0.05) is 6.07 Å². The summed E-state index contributed by atoms with van der Waals surface area (Å²) in [6, 6.07) is 0.702. The Hall–Kier alpha value is -1.07. The highest BCUT2D eigenvalue weighted by Crippen LogP contribution is 2.27. The molecule has 1 aromatic heterocycles. The lowest BCUT2D eigenvalue weighted by Crippen LogP contribution is -1.96. The first kappa shape index (κ1) is 10.4. The Morgan fingerprint density at radius 2 is 1.67 bits per heavy atom. The van der Waals surface area contributed by atoms with Crippen LogP contribution in [0.1, 0.15) is 0 Å². The molecule has 0 aliphatic heterocycles. The Labute approximate surface area is 91.7 Å². The quantitative estimate of drug-likeness (QED) is 0.408. The van der Waals surface area contributed by atoms with Crippen molar-refractivity contribution in [2.75, 3.05) is 0 Å². The normalized spacial score (nSPS) is 11.0. The van der Waals surface area contributed by atoms with E-state index in [1.807, 2.05) is 0 Å². The summed E-state index contributed by atoms with van der Waals surface area (Å²) in [5.41, 5.74) is -0.184. The van der Waals surface area contributed by atoms with Crippen molar-refractivity contribution in [3.63, 3.8) is 0 Å². The lowest BCUT2D eigenvalue weighted by molar-refractivity contribution is 0.453. The van der Waals surface area contributed by atoms with Crippen LogP contribution in [0.4, 0.5) is 13.2 Å². The molecule has 0 atom stereocenters. The summed E-state index contributed by atoms with van der Waals surface area (Å²) in [5.74, 6) is -4.40. The number of benzene rings is 1. The average Bonchev–Trinajstić information content (AvgIpc) is 2.13. The van der Waals surface area contributed by atoms with E-state index in [0.717, 1.165) is 0 Å². The molecule has 0 radical (unpaired) electrons. The van der Waals surface area contributed by atoms with Gasteiger partial charge in [0.05, 0.1) is 10.9 Å². The second kappa shape index (κ2) is 3.50. The first-order valence-corrected chi connectivity index (χ1v) is 4.42. The van der Waals surface area contributed by atoms with E-state index in [2.05, 4.69) is 9.97 Å². The first-order valence-electron chi connectivity index (χ1n) is 3.67. The van der Waals surface area contributed by atoms with Crippen molar-refractivity contribution in [1.29, 1.82) is 0 Å². The highest BCUT2D eigenvalue weighted by molar-refractivity contribution is 6.35. The number of fused-ring (bicyclic) bond motifs is 1. The second-order valence-corrected chi connectivity index (χ2v) is 3.36. The van der Waals surface area contributed by atoms with E-state index in [1.165, 1.54) is 0 Å². The molecule has 15 heavy (non-hydrogen) atoms. The third-order valence-corrected chi connectivity index (χ3v) is 2.19. The molecule has 0 aliphatic rings. The molecule has 2 aromatic rings. The van der Waals surface area contributed by atoms with Crippen LogP contribution in [0, 0.1) is 17.5 Å². The minimum atomic E-state index is -1.62. The number of hydrogen-bond acceptors (Lipinski definition) is 2. The van der Waals surface area contributed by atoms with Crippen molar-refractivity contribution >= 4 is 34.1 Å². The minimum absolute atomic E-state index is 0.184. The second-order valence-electron chi connectivity index (χ2n) is 2.66. The molecule has 78 valence electrons. The van der Waals surface area contributed by atoms with Crippen LogP contribution < -0.4 is 0 Å². The van der Waals surface area contributed by atoms with E-state index in [9.17, 15) is 13.2 Å². The van der Waals surface area contributed by atoms with Crippen molar-refractivity contribution < 1.29 is 13.2 Å². The monoisotopic (exact) mass is 252 g/mol. The van der Waals surface area contributed by atoms with Crippen LogP contribution in [-0.2, 0) is 0 Å². The highest BCUT2D eigenvalue weighted by atomic mass is 35.5. The van der Waals surface area contributed by atoms with Gasteiger partial charge >= 0.3 is 0 Å². The summed E-state index contributed by atoms with van der Waals surface area (Å²) in [7, 11) is 0. The van der Waals surface area contributed by atoms with Crippen LogP contribution in [0.3, 0.4) is 0 Å². The van der Waals surface area contributed by atoms with Crippen molar-refractivity contribution in [2.45, 2.75) is 0 Å². The zero-order chi connectivity index (χ0) is 11.2. The van der Waals surface area contributed by atoms with Crippen LogP contribution in [0.2, 0.25) is 10.4 Å². The topological polar surface area (TPSA) is 25.8 Å². The Balaban J connectivity index is 2.99. The predicted molar refractivity (Wildman–Crippen MR) is 49.4 cm³/mol. The molecule has 0 saturated heterocycles. The maximum absolute atomic E-state index is 13.2. The van der Waals surface area contributed by atoms with E-state index < -0.39 is 17.5 Å². The fourth-order valence-corrected chi connectivity index (χ4v) is 1.61. The number of aromatic nitrogens is 2. The average molecular weight is 253 g/mol. The Morgan fingerprint density at radius 1 is 1.00 bits per heavy atom. The molecule has 0 unspecified atom stereocenters. The largest absolute Gasteiger partial charge is 0.224 e. The fraction of sp³-hybridized carbons (Fsp3) is 0. The van der Waals surface area contributed by atoms with E-state index in [-0.39, 0.29) is 21.3 Å². The van der Waals surface area contributed by atoms with Gasteiger partial charge in [0.25, 0.3) is 0 Å². The molecule has 0 N–H and O–H groups in total. The SMILES string of the molecule is Fc1cc2nc(Cl)nc(Cl)c2c(F)c1F. The minimum Gasteiger partial charge on any atom is -0.218 e. The molecule has 7 heteroatoms. The molecular weight excluding hydrogens is 252 g/mol. The lowest BCUT2D eigenvalue weighted by Gasteiger charge is -2.03. The molecular formula is C8HCl2F3N2. The number of hydrogen-bond donors (Lipinski definition) is 0. The van der Waals surface area contributed by atoms with Crippen molar-refractivity contribution in [3.05, 3.63) is 34.0 Å². The molecule has 0 spiro atoms. The van der Waals surface area contributed by atoms with Crippen LogP contribution in [0.15, 0.2) is 6.07 Å². The smallest absolute Gasteiger partial charge is 0.218 e. The first-order chi connectivity index (χ1) is 7.00. The summed E-state index contributed by atoms with van der Waals surface area (Å²) in [6.45, 7) is 0. The lowest BCUT2D eigenvalue weighted by atomic mass is 10.2. The van der Waals surface area contributed by atoms with Crippen LogP contribution in [0.25, 0.3) is 10.9 Å². The van der Waals surface area contributed by atoms with Gasteiger partial charge in [-0.2, -0.15) is 0 Å². The molecule has 2 nitrogen and oxygen atoms in total. The van der Waals surface area contributed by atoms with Gasteiger partial charge in [-0.15, -0.1) is 0 Å². The highest BCUT2D eigenvalue weighted by Gasteiger charge is 2.18. The Morgan fingerprint density at radius 3 is 2.33 bits per heavy atom. The summed E-state index contributed by atoms with van der Waals surface area (Å²) >= 11 is 11.0. The number of halogens is 5. The maximum Gasteiger partial charge on any atom is 0.224 e. The molecule has 1 aromatic carbocycles. The van der Waals surface area contributed by atoms with Gasteiger partial charge in [0.15, 0.2) is 17.5 Å². The zero-order valence-electron chi connectivity index (χ0n) is 6.86. The van der Waals surface area contributed by atoms with Gasteiger partial charge < -0.3 is 0 Å². The zero-order valence-corrected chi connectivity index (χ0v) is 8.37. The molecule has 0 fully saturated rings. The fourth-order valence-electron chi connectivity index (χ4n) is 1.13. The van der Waals surface area contributed by atoms with E-state index in [0.29, 0.717) is 6.07 Å². The Bertz CT molecular complexity index is 559. The predicted octanol–water partition coefficient (Wildman–Crippen LogP) is 3.35. The summed E-state index contributed by atoms with van der Waals surface area (Å²) in [5, 5.41) is -1.01. The number of nitrogens with zero attached hydrogens (tertiary/aromatic N) is 2. The van der Waals surface area contributed by atoms with Crippen LogP contribution in [-0.4, -0.2) is 9.97 Å². The standard InChI is InChI=1S/C8HCl2F3N2/c9-7-4-3(14-8(10)15-7)1-2(11)5(12)6(4)13/h1H. The summed E-state index contributed by atoms with van der Waals surface area (Å²) < 4.78 is 38.9. The molecule has 1 heterocycles. The third kappa shape index (κ3) is 1.61. The van der Waals surface area contributed by atoms with Gasteiger partial charge in [-0.05, 0) is 11.6 Å². The molecule has 0 aliphatic carbocycles. The number of rotatable bonds is 0. The molecule has 2 rings (SSSR count). The van der Waals surface area contributed by atoms with Gasteiger partial charge in [0.2, 0.25) is 5.28 Å². The van der Waals surface area contributed by atoms with Crippen molar-refractivity contribution in [2.24, 2.45) is 0 Å². The van der Waals surface area contributed by atoms with Crippen LogP contribution in [0.5, 0.6) is 0 Å². The molecule has 0 amide bonds. The molecule has 0 bridgehead atoms. The summed E-state index contributed by atoms with van der Waals surface area (Å²) in [6.07, 6.45) is 0. The molecule has 0 saturated carbocycles. The van der Waals surface area contributed by atoms with Crippen molar-refractivity contribution in [3.8, 4) is 0 Å². The van der Waals surface area contributed by atoms with Gasteiger partial charge in [-0.1, -0.05) is 11.6 Å².